The number of carbonyl (C=O) groups excluding carboxylic acids is 1. The molecule has 0 aliphatic heterocycles. The van der Waals surface area contributed by atoms with E-state index in [1.54, 1.807) is 20.9 Å². The average Bonchev–Trinajstić information content (AvgIpc) is 2.43. The Balaban J connectivity index is 2.77. The number of likely N-dealkylation sites (N-methyl/N-ethyl adjacent to an activating group) is 1. The fourth-order valence-electron chi connectivity index (χ4n) is 2.54. The highest BCUT2D eigenvalue weighted by molar-refractivity contribution is 7.89. The van der Waals surface area contributed by atoms with Crippen LogP contribution in [0.15, 0.2) is 17.0 Å². The fraction of sp³-hybridized carbons (Fsp3) is 0.562. The minimum Gasteiger partial charge on any atom is -0.342 e. The lowest BCUT2D eigenvalue weighted by Crippen LogP contribution is -2.41. The van der Waals surface area contributed by atoms with E-state index in [-0.39, 0.29) is 24.9 Å². The molecule has 0 bridgehead atoms. The maximum Gasteiger partial charge on any atom is 0.241 e. The highest BCUT2D eigenvalue weighted by Crippen LogP contribution is 2.21. The van der Waals surface area contributed by atoms with Gasteiger partial charge in [-0.1, -0.05) is 17.7 Å². The second-order valence-corrected chi connectivity index (χ2v) is 7.67. The first kappa shape index (κ1) is 19.6. The molecule has 130 valence electrons. The van der Waals surface area contributed by atoms with Gasteiger partial charge in [0.05, 0.1) is 4.90 Å². The van der Waals surface area contributed by atoms with Crippen molar-refractivity contribution >= 4 is 15.9 Å². The maximum absolute atomic E-state index is 12.5. The molecule has 0 saturated heterocycles. The number of sulfonamides is 1. The summed E-state index contributed by atoms with van der Waals surface area (Å²) in [5.74, 6) is -0.136. The number of hydrogen-bond donors (Lipinski definition) is 2. The first-order chi connectivity index (χ1) is 10.6. The van der Waals surface area contributed by atoms with Gasteiger partial charge in [-0.05, 0) is 38.8 Å². The molecule has 3 N–H and O–H groups in total. The van der Waals surface area contributed by atoms with Gasteiger partial charge in [-0.25, -0.2) is 13.1 Å². The van der Waals surface area contributed by atoms with E-state index < -0.39 is 10.0 Å². The standard InChI is InChI=1S/C16H27N3O3S/c1-11-8-12(2)16(13(3)9-11)23(21,22)18-7-6-15(20)19(5)14(4)10-17/h8-9,14,18H,6-7,10,17H2,1-5H3. The molecular weight excluding hydrogens is 314 g/mol. The van der Waals surface area contributed by atoms with Crippen molar-refractivity contribution in [3.63, 3.8) is 0 Å². The Morgan fingerprint density at radius 3 is 2.26 bits per heavy atom. The lowest BCUT2D eigenvalue weighted by atomic mass is 10.1. The van der Waals surface area contributed by atoms with Crippen molar-refractivity contribution in [3.8, 4) is 0 Å². The van der Waals surface area contributed by atoms with Gasteiger partial charge < -0.3 is 10.6 Å². The van der Waals surface area contributed by atoms with Crippen LogP contribution < -0.4 is 10.5 Å². The van der Waals surface area contributed by atoms with E-state index >= 15 is 0 Å². The summed E-state index contributed by atoms with van der Waals surface area (Å²) in [6.07, 6.45) is 0.101. The van der Waals surface area contributed by atoms with Crippen LogP contribution in [0.2, 0.25) is 0 Å². The van der Waals surface area contributed by atoms with Crippen LogP contribution in [0.4, 0.5) is 0 Å². The van der Waals surface area contributed by atoms with Crippen LogP contribution in [-0.4, -0.2) is 45.4 Å². The average molecular weight is 341 g/mol. The topological polar surface area (TPSA) is 92.5 Å². The molecule has 0 saturated carbocycles. The highest BCUT2D eigenvalue weighted by Gasteiger charge is 2.21. The van der Waals surface area contributed by atoms with Crippen LogP contribution >= 0.6 is 0 Å². The molecule has 23 heavy (non-hydrogen) atoms. The van der Waals surface area contributed by atoms with Crippen LogP contribution in [0.25, 0.3) is 0 Å². The van der Waals surface area contributed by atoms with E-state index in [4.69, 9.17) is 5.73 Å². The summed E-state index contributed by atoms with van der Waals surface area (Å²) in [5, 5.41) is 0. The largest absolute Gasteiger partial charge is 0.342 e. The molecule has 0 radical (unpaired) electrons. The summed E-state index contributed by atoms with van der Waals surface area (Å²) in [5.41, 5.74) is 7.95. The first-order valence-corrected chi connectivity index (χ1v) is 9.11. The minimum absolute atomic E-state index is 0.0650. The van der Waals surface area contributed by atoms with Gasteiger partial charge in [0.1, 0.15) is 0 Å². The second-order valence-electron chi connectivity index (χ2n) is 5.96. The van der Waals surface area contributed by atoms with E-state index in [1.165, 1.54) is 4.90 Å². The molecule has 0 spiro atoms. The Bertz CT molecular complexity index is 648. The molecule has 0 aliphatic rings. The van der Waals surface area contributed by atoms with Crippen molar-refractivity contribution in [1.29, 1.82) is 0 Å². The molecule has 1 aromatic carbocycles. The molecule has 0 fully saturated rings. The van der Waals surface area contributed by atoms with Crippen LogP contribution in [0.3, 0.4) is 0 Å². The summed E-state index contributed by atoms with van der Waals surface area (Å²) in [6, 6.07) is 3.60. The van der Waals surface area contributed by atoms with Gasteiger partial charge in [0.15, 0.2) is 0 Å². The Morgan fingerprint density at radius 1 is 1.26 bits per heavy atom. The molecule has 0 aromatic heterocycles. The lowest BCUT2D eigenvalue weighted by molar-refractivity contribution is -0.131. The van der Waals surface area contributed by atoms with E-state index in [9.17, 15) is 13.2 Å². The summed E-state index contributed by atoms with van der Waals surface area (Å²) in [6.45, 7) is 7.76. The molecular formula is C16H27N3O3S. The molecule has 6 nitrogen and oxygen atoms in total. The molecule has 0 heterocycles. The number of hydrogen-bond acceptors (Lipinski definition) is 4. The Morgan fingerprint density at radius 2 is 1.78 bits per heavy atom. The van der Waals surface area contributed by atoms with Crippen molar-refractivity contribution in [3.05, 3.63) is 28.8 Å². The van der Waals surface area contributed by atoms with Crippen molar-refractivity contribution in [2.75, 3.05) is 20.1 Å². The number of amides is 1. The molecule has 1 aromatic rings. The highest BCUT2D eigenvalue weighted by atomic mass is 32.2. The van der Waals surface area contributed by atoms with Crippen molar-refractivity contribution in [2.24, 2.45) is 5.73 Å². The zero-order valence-corrected chi connectivity index (χ0v) is 15.3. The normalized spacial score (nSPS) is 13.0. The number of aryl methyl sites for hydroxylation is 3. The van der Waals surface area contributed by atoms with Crippen LogP contribution in [0.1, 0.15) is 30.0 Å². The summed E-state index contributed by atoms with van der Waals surface area (Å²) in [4.78, 5) is 13.8. The second kappa shape index (κ2) is 7.90. The maximum atomic E-state index is 12.5. The van der Waals surface area contributed by atoms with Crippen molar-refractivity contribution in [2.45, 2.75) is 45.1 Å². The molecule has 1 unspecified atom stereocenters. The summed E-state index contributed by atoms with van der Waals surface area (Å²) in [7, 11) is -1.96. The molecule has 1 atom stereocenters. The van der Waals surface area contributed by atoms with Gasteiger partial charge in [-0.15, -0.1) is 0 Å². The number of nitrogens with zero attached hydrogens (tertiary/aromatic N) is 1. The van der Waals surface area contributed by atoms with Crippen LogP contribution in [0, 0.1) is 20.8 Å². The number of nitrogens with one attached hydrogen (secondary N) is 1. The molecule has 1 amide bonds. The Labute approximate surface area is 139 Å². The van der Waals surface area contributed by atoms with Gasteiger partial charge >= 0.3 is 0 Å². The zero-order valence-electron chi connectivity index (χ0n) is 14.5. The number of rotatable bonds is 7. The van der Waals surface area contributed by atoms with Crippen LogP contribution in [-0.2, 0) is 14.8 Å². The van der Waals surface area contributed by atoms with Crippen LogP contribution in [0.5, 0.6) is 0 Å². The minimum atomic E-state index is -3.63. The fourth-order valence-corrected chi connectivity index (χ4v) is 4.02. The third-order valence-corrected chi connectivity index (χ3v) is 5.67. The van der Waals surface area contributed by atoms with Crippen molar-refractivity contribution in [1.82, 2.24) is 9.62 Å². The SMILES string of the molecule is Cc1cc(C)c(S(=O)(=O)NCCC(=O)N(C)C(C)CN)c(C)c1. The number of carbonyl (C=O) groups is 1. The quantitative estimate of drug-likeness (QED) is 0.776. The van der Waals surface area contributed by atoms with Gasteiger partial charge in [0.2, 0.25) is 15.9 Å². The first-order valence-electron chi connectivity index (χ1n) is 7.63. The molecule has 0 aliphatic carbocycles. The molecule has 1 rings (SSSR count). The van der Waals surface area contributed by atoms with Gasteiger partial charge in [-0.2, -0.15) is 0 Å². The number of nitrogens with two attached hydrogens (primary N) is 1. The third kappa shape index (κ3) is 5.02. The van der Waals surface area contributed by atoms with E-state index in [1.807, 2.05) is 26.0 Å². The van der Waals surface area contributed by atoms with Crippen molar-refractivity contribution < 1.29 is 13.2 Å². The summed E-state index contributed by atoms with van der Waals surface area (Å²) < 4.78 is 27.5. The van der Waals surface area contributed by atoms with Gasteiger partial charge in [0, 0.05) is 32.6 Å². The van der Waals surface area contributed by atoms with E-state index in [0.29, 0.717) is 22.6 Å². The Hall–Kier alpha value is -1.44. The van der Waals surface area contributed by atoms with E-state index in [2.05, 4.69) is 4.72 Å². The smallest absolute Gasteiger partial charge is 0.241 e. The third-order valence-electron chi connectivity index (χ3n) is 3.90. The molecule has 7 heteroatoms. The number of benzene rings is 1. The van der Waals surface area contributed by atoms with Gasteiger partial charge in [0.25, 0.3) is 0 Å². The monoisotopic (exact) mass is 341 g/mol. The Kier molecular flexibility index (Phi) is 6.73. The van der Waals surface area contributed by atoms with E-state index in [0.717, 1.165) is 5.56 Å². The zero-order chi connectivity index (χ0) is 17.8. The predicted molar refractivity (Wildman–Crippen MR) is 91.7 cm³/mol. The lowest BCUT2D eigenvalue weighted by Gasteiger charge is -2.23. The van der Waals surface area contributed by atoms with Gasteiger partial charge in [-0.3, -0.25) is 4.79 Å². The summed E-state index contributed by atoms with van der Waals surface area (Å²) >= 11 is 0. The predicted octanol–water partition coefficient (Wildman–Crippen LogP) is 1.09.